The number of halogens is 1. The topological polar surface area (TPSA) is 3.24 Å². The Labute approximate surface area is 103 Å². The quantitative estimate of drug-likeness (QED) is 0.710. The summed E-state index contributed by atoms with van der Waals surface area (Å²) in [5, 5.41) is 0. The number of piperidine rings is 1. The van der Waals surface area contributed by atoms with Crippen LogP contribution in [0.5, 0.6) is 0 Å². The van der Waals surface area contributed by atoms with E-state index in [2.05, 4.69) is 34.7 Å². The van der Waals surface area contributed by atoms with E-state index in [-0.39, 0.29) is 0 Å². The highest BCUT2D eigenvalue weighted by Crippen LogP contribution is 2.34. The van der Waals surface area contributed by atoms with Crippen molar-refractivity contribution in [3.63, 3.8) is 0 Å². The third-order valence-corrected chi connectivity index (χ3v) is 5.18. The maximum absolute atomic E-state index is 3.77. The van der Waals surface area contributed by atoms with Crippen molar-refractivity contribution in [3.05, 3.63) is 0 Å². The van der Waals surface area contributed by atoms with Crippen LogP contribution in [0.4, 0.5) is 0 Å². The summed E-state index contributed by atoms with van der Waals surface area (Å²) in [7, 11) is 0. The Kier molecular flexibility index (Phi) is 4.11. The SMILES string of the molecule is CC(CN1CC(Br)CCC1C)C1CCC1. The Bertz CT molecular complexity index is 203. The summed E-state index contributed by atoms with van der Waals surface area (Å²) in [6, 6.07) is 0.807. The summed E-state index contributed by atoms with van der Waals surface area (Å²) < 4.78 is 0. The molecule has 2 rings (SSSR count). The van der Waals surface area contributed by atoms with Gasteiger partial charge in [0.05, 0.1) is 0 Å². The Morgan fingerprint density at radius 2 is 2.00 bits per heavy atom. The maximum atomic E-state index is 3.77. The molecule has 1 aliphatic carbocycles. The molecule has 3 unspecified atom stereocenters. The largest absolute Gasteiger partial charge is 0.299 e. The predicted molar refractivity (Wildman–Crippen MR) is 69.5 cm³/mol. The fourth-order valence-corrected chi connectivity index (χ4v) is 3.55. The second kappa shape index (κ2) is 5.18. The molecule has 1 aliphatic heterocycles. The molecule has 3 atom stereocenters. The molecule has 1 heterocycles. The summed E-state index contributed by atoms with van der Waals surface area (Å²) in [4.78, 5) is 3.44. The lowest BCUT2D eigenvalue weighted by molar-refractivity contribution is 0.103. The minimum atomic E-state index is 0.738. The molecule has 0 radical (unpaired) electrons. The fraction of sp³-hybridized carbons (Fsp3) is 1.00. The zero-order valence-electron chi connectivity index (χ0n) is 10.1. The van der Waals surface area contributed by atoms with Gasteiger partial charge < -0.3 is 0 Å². The third kappa shape index (κ3) is 2.97. The van der Waals surface area contributed by atoms with Gasteiger partial charge in [0.1, 0.15) is 0 Å². The number of rotatable bonds is 3. The molecule has 0 N–H and O–H groups in total. The number of hydrogen-bond donors (Lipinski definition) is 0. The molecule has 0 aromatic rings. The average Bonchev–Trinajstić information content (AvgIpc) is 2.08. The van der Waals surface area contributed by atoms with Crippen molar-refractivity contribution in [1.82, 2.24) is 4.90 Å². The van der Waals surface area contributed by atoms with Crippen LogP contribution in [0.1, 0.15) is 46.0 Å². The van der Waals surface area contributed by atoms with Crippen LogP contribution < -0.4 is 0 Å². The molecule has 0 aromatic carbocycles. The molecule has 0 amide bonds. The van der Waals surface area contributed by atoms with E-state index in [0.29, 0.717) is 0 Å². The molecule has 1 saturated heterocycles. The van der Waals surface area contributed by atoms with Gasteiger partial charge in [0.2, 0.25) is 0 Å². The average molecular weight is 274 g/mol. The molecule has 2 fully saturated rings. The van der Waals surface area contributed by atoms with Gasteiger partial charge in [0, 0.05) is 24.0 Å². The van der Waals surface area contributed by atoms with E-state index in [1.807, 2.05) is 0 Å². The van der Waals surface area contributed by atoms with Gasteiger partial charge in [0.15, 0.2) is 0 Å². The van der Waals surface area contributed by atoms with Crippen LogP contribution in [0.25, 0.3) is 0 Å². The van der Waals surface area contributed by atoms with Crippen molar-refractivity contribution < 1.29 is 0 Å². The zero-order valence-corrected chi connectivity index (χ0v) is 11.7. The highest BCUT2D eigenvalue weighted by atomic mass is 79.9. The van der Waals surface area contributed by atoms with E-state index >= 15 is 0 Å². The second-order valence-corrected chi connectivity index (χ2v) is 6.94. The van der Waals surface area contributed by atoms with Crippen LogP contribution in [0, 0.1) is 11.8 Å². The first kappa shape index (κ1) is 11.9. The van der Waals surface area contributed by atoms with Gasteiger partial charge >= 0.3 is 0 Å². The van der Waals surface area contributed by atoms with Crippen LogP contribution in [0.2, 0.25) is 0 Å². The van der Waals surface area contributed by atoms with Gasteiger partial charge in [-0.2, -0.15) is 0 Å². The monoisotopic (exact) mass is 273 g/mol. The molecule has 0 bridgehead atoms. The Morgan fingerprint density at radius 3 is 2.60 bits per heavy atom. The first-order valence-corrected chi connectivity index (χ1v) is 7.46. The van der Waals surface area contributed by atoms with E-state index in [1.165, 1.54) is 45.2 Å². The van der Waals surface area contributed by atoms with Gasteiger partial charge in [-0.3, -0.25) is 4.90 Å². The molecule has 88 valence electrons. The van der Waals surface area contributed by atoms with Crippen LogP contribution in [-0.4, -0.2) is 28.9 Å². The van der Waals surface area contributed by atoms with Crippen molar-refractivity contribution in [3.8, 4) is 0 Å². The summed E-state index contributed by atoms with van der Waals surface area (Å²) >= 11 is 3.77. The molecular weight excluding hydrogens is 250 g/mol. The van der Waals surface area contributed by atoms with Crippen molar-refractivity contribution in [2.45, 2.75) is 56.8 Å². The fourth-order valence-electron chi connectivity index (χ4n) is 2.91. The summed E-state index contributed by atoms with van der Waals surface area (Å²) in [5.74, 6) is 1.95. The second-order valence-electron chi connectivity index (χ2n) is 5.65. The van der Waals surface area contributed by atoms with E-state index in [0.717, 1.165) is 22.7 Å². The first-order valence-electron chi connectivity index (χ1n) is 6.55. The number of alkyl halides is 1. The molecule has 1 saturated carbocycles. The van der Waals surface area contributed by atoms with Crippen molar-refractivity contribution in [2.75, 3.05) is 13.1 Å². The maximum Gasteiger partial charge on any atom is 0.0273 e. The highest BCUT2D eigenvalue weighted by Gasteiger charge is 2.29. The Morgan fingerprint density at radius 1 is 1.27 bits per heavy atom. The molecule has 0 spiro atoms. The zero-order chi connectivity index (χ0) is 10.8. The lowest BCUT2D eigenvalue weighted by Crippen LogP contribution is -2.45. The molecule has 2 aliphatic rings. The van der Waals surface area contributed by atoms with Crippen LogP contribution in [0.3, 0.4) is 0 Å². The Balaban J connectivity index is 1.80. The van der Waals surface area contributed by atoms with Crippen molar-refractivity contribution in [1.29, 1.82) is 0 Å². The van der Waals surface area contributed by atoms with E-state index < -0.39 is 0 Å². The molecular formula is C13H24BrN. The summed E-state index contributed by atoms with van der Waals surface area (Å²) in [6.45, 7) is 7.44. The van der Waals surface area contributed by atoms with E-state index in [4.69, 9.17) is 0 Å². The van der Waals surface area contributed by atoms with E-state index in [1.54, 1.807) is 0 Å². The van der Waals surface area contributed by atoms with Crippen molar-refractivity contribution in [2.24, 2.45) is 11.8 Å². The standard InChI is InChI=1S/C13H24BrN/c1-10(12-4-3-5-12)8-15-9-13(14)7-6-11(15)2/h10-13H,3-9H2,1-2H3. The van der Waals surface area contributed by atoms with Crippen LogP contribution in [0.15, 0.2) is 0 Å². The van der Waals surface area contributed by atoms with Crippen LogP contribution >= 0.6 is 15.9 Å². The summed E-state index contributed by atoms with van der Waals surface area (Å²) in [5.41, 5.74) is 0. The first-order chi connectivity index (χ1) is 7.16. The predicted octanol–water partition coefficient (Wildman–Crippen LogP) is 3.67. The molecule has 0 aromatic heterocycles. The van der Waals surface area contributed by atoms with Crippen LogP contribution in [-0.2, 0) is 0 Å². The lowest BCUT2D eigenvalue weighted by Gasteiger charge is -2.41. The van der Waals surface area contributed by atoms with Crippen molar-refractivity contribution >= 4 is 15.9 Å². The lowest BCUT2D eigenvalue weighted by atomic mass is 9.76. The smallest absolute Gasteiger partial charge is 0.0273 e. The molecule has 2 heteroatoms. The van der Waals surface area contributed by atoms with Gasteiger partial charge in [-0.15, -0.1) is 0 Å². The number of hydrogen-bond acceptors (Lipinski definition) is 1. The van der Waals surface area contributed by atoms with E-state index in [9.17, 15) is 0 Å². The minimum Gasteiger partial charge on any atom is -0.299 e. The highest BCUT2D eigenvalue weighted by molar-refractivity contribution is 9.09. The minimum absolute atomic E-state index is 0.738. The molecule has 1 nitrogen and oxygen atoms in total. The molecule has 15 heavy (non-hydrogen) atoms. The third-order valence-electron chi connectivity index (χ3n) is 4.43. The number of likely N-dealkylation sites (tertiary alicyclic amines) is 1. The van der Waals surface area contributed by atoms with Gasteiger partial charge in [-0.05, 0) is 31.6 Å². The summed E-state index contributed by atoms with van der Waals surface area (Å²) in [6.07, 6.45) is 7.18. The van der Waals surface area contributed by atoms with Gasteiger partial charge in [-0.1, -0.05) is 42.1 Å². The van der Waals surface area contributed by atoms with Gasteiger partial charge in [-0.25, -0.2) is 0 Å². The Hall–Kier alpha value is 0.440. The normalized spacial score (nSPS) is 36.2. The van der Waals surface area contributed by atoms with Gasteiger partial charge in [0.25, 0.3) is 0 Å². The number of nitrogens with zero attached hydrogens (tertiary/aromatic N) is 1.